The number of aliphatic hydroxyl groups is 1. The van der Waals surface area contributed by atoms with Crippen LogP contribution in [0.25, 0.3) is 0 Å². The molecule has 1 aromatic rings. The summed E-state index contributed by atoms with van der Waals surface area (Å²) in [4.78, 5) is 0. The van der Waals surface area contributed by atoms with Crippen molar-refractivity contribution in [1.82, 2.24) is 0 Å². The van der Waals surface area contributed by atoms with Crippen LogP contribution in [0.3, 0.4) is 0 Å². The fourth-order valence-corrected chi connectivity index (χ4v) is 1.50. The van der Waals surface area contributed by atoms with E-state index in [2.05, 4.69) is 0 Å². The van der Waals surface area contributed by atoms with E-state index in [1.54, 1.807) is 6.92 Å². The van der Waals surface area contributed by atoms with E-state index in [1.807, 2.05) is 0 Å². The van der Waals surface area contributed by atoms with Gasteiger partial charge in [-0.2, -0.15) is 13.2 Å². The first-order chi connectivity index (χ1) is 7.07. The lowest BCUT2D eigenvalue weighted by atomic mass is 9.89. The van der Waals surface area contributed by atoms with E-state index in [0.29, 0.717) is 18.1 Å². The Hall–Kier alpha value is -1.23. The van der Waals surface area contributed by atoms with Gasteiger partial charge in [0.05, 0.1) is 0 Å². The third-order valence-electron chi connectivity index (χ3n) is 2.73. The molecule has 1 aromatic carbocycles. The van der Waals surface area contributed by atoms with Crippen LogP contribution in [-0.4, -0.2) is 16.4 Å². The average molecular weight is 234 g/mol. The molecule has 16 heavy (non-hydrogen) atoms. The monoisotopic (exact) mass is 234 g/mol. The van der Waals surface area contributed by atoms with Crippen molar-refractivity contribution in [3.63, 3.8) is 0 Å². The van der Waals surface area contributed by atoms with Crippen molar-refractivity contribution in [1.29, 1.82) is 0 Å². The van der Waals surface area contributed by atoms with Gasteiger partial charge in [-0.3, -0.25) is 0 Å². The van der Waals surface area contributed by atoms with Crippen LogP contribution in [0, 0.1) is 13.8 Å². The zero-order valence-corrected chi connectivity index (χ0v) is 9.18. The van der Waals surface area contributed by atoms with Crippen molar-refractivity contribution < 1.29 is 23.4 Å². The van der Waals surface area contributed by atoms with Crippen molar-refractivity contribution >= 4 is 0 Å². The number of aryl methyl sites for hydroxylation is 1. The predicted molar refractivity (Wildman–Crippen MR) is 53.2 cm³/mol. The second kappa shape index (κ2) is 3.66. The Morgan fingerprint density at radius 2 is 1.62 bits per heavy atom. The fraction of sp³-hybridized carbons (Fsp3) is 0.455. The minimum atomic E-state index is -4.78. The summed E-state index contributed by atoms with van der Waals surface area (Å²) in [6.07, 6.45) is -4.78. The number of aromatic hydroxyl groups is 1. The van der Waals surface area contributed by atoms with Gasteiger partial charge in [0.2, 0.25) is 0 Å². The van der Waals surface area contributed by atoms with E-state index in [1.165, 1.54) is 13.0 Å². The van der Waals surface area contributed by atoms with Crippen LogP contribution >= 0.6 is 0 Å². The van der Waals surface area contributed by atoms with Gasteiger partial charge < -0.3 is 10.2 Å². The molecule has 0 aliphatic carbocycles. The zero-order chi connectivity index (χ0) is 12.7. The molecule has 0 radical (unpaired) electrons. The summed E-state index contributed by atoms with van der Waals surface area (Å²) in [6.45, 7) is 3.73. The Bertz CT molecular complexity index is 408. The molecular weight excluding hydrogens is 221 g/mol. The van der Waals surface area contributed by atoms with Gasteiger partial charge in [0.15, 0.2) is 5.60 Å². The number of benzene rings is 1. The molecule has 1 rings (SSSR count). The first-order valence-corrected chi connectivity index (χ1v) is 4.67. The van der Waals surface area contributed by atoms with Crippen molar-refractivity contribution in [2.75, 3.05) is 0 Å². The standard InChI is InChI=1S/C11H13F3O2/c1-6-4-8(15)5-9(7(6)2)10(3,16)11(12,13)14/h4-5,15-16H,1-3H3. The first kappa shape index (κ1) is 12.8. The molecule has 0 bridgehead atoms. The number of rotatable bonds is 1. The quantitative estimate of drug-likeness (QED) is 0.784. The van der Waals surface area contributed by atoms with Crippen molar-refractivity contribution in [2.45, 2.75) is 32.5 Å². The largest absolute Gasteiger partial charge is 0.508 e. The summed E-state index contributed by atoms with van der Waals surface area (Å²) in [6, 6.07) is 2.29. The molecule has 0 fully saturated rings. The molecule has 0 aliphatic heterocycles. The lowest BCUT2D eigenvalue weighted by Crippen LogP contribution is -2.39. The second-order valence-corrected chi connectivity index (χ2v) is 4.01. The highest BCUT2D eigenvalue weighted by atomic mass is 19.4. The Morgan fingerprint density at radius 1 is 1.12 bits per heavy atom. The molecule has 0 saturated carbocycles. The lowest BCUT2D eigenvalue weighted by molar-refractivity contribution is -0.259. The van der Waals surface area contributed by atoms with E-state index in [4.69, 9.17) is 0 Å². The van der Waals surface area contributed by atoms with Crippen LogP contribution in [0.2, 0.25) is 0 Å². The highest BCUT2D eigenvalue weighted by Gasteiger charge is 2.52. The molecule has 2 nitrogen and oxygen atoms in total. The number of hydrogen-bond acceptors (Lipinski definition) is 2. The fourth-order valence-electron chi connectivity index (χ4n) is 1.50. The number of phenols is 1. The van der Waals surface area contributed by atoms with E-state index in [-0.39, 0.29) is 11.3 Å². The zero-order valence-electron chi connectivity index (χ0n) is 9.18. The summed E-state index contributed by atoms with van der Waals surface area (Å²) in [5, 5.41) is 18.8. The average Bonchev–Trinajstić information content (AvgIpc) is 2.09. The molecule has 0 spiro atoms. The summed E-state index contributed by atoms with van der Waals surface area (Å²) >= 11 is 0. The van der Waals surface area contributed by atoms with E-state index >= 15 is 0 Å². The highest BCUT2D eigenvalue weighted by Crippen LogP contribution is 2.41. The van der Waals surface area contributed by atoms with Gasteiger partial charge in [-0.1, -0.05) is 0 Å². The molecule has 5 heteroatoms. The van der Waals surface area contributed by atoms with Crippen LogP contribution in [0.4, 0.5) is 13.2 Å². The number of alkyl halides is 3. The summed E-state index contributed by atoms with van der Waals surface area (Å²) in [7, 11) is 0. The van der Waals surface area contributed by atoms with E-state index in [9.17, 15) is 23.4 Å². The van der Waals surface area contributed by atoms with Crippen LogP contribution < -0.4 is 0 Å². The molecular formula is C11H13F3O2. The van der Waals surface area contributed by atoms with E-state index < -0.39 is 11.8 Å². The minimum Gasteiger partial charge on any atom is -0.508 e. The van der Waals surface area contributed by atoms with Gasteiger partial charge in [-0.05, 0) is 49.6 Å². The normalized spacial score (nSPS) is 15.9. The number of hydrogen-bond donors (Lipinski definition) is 2. The lowest BCUT2D eigenvalue weighted by Gasteiger charge is -2.28. The summed E-state index contributed by atoms with van der Waals surface area (Å²) < 4.78 is 37.9. The first-order valence-electron chi connectivity index (χ1n) is 4.67. The molecule has 0 saturated heterocycles. The second-order valence-electron chi connectivity index (χ2n) is 4.01. The molecule has 1 unspecified atom stereocenters. The minimum absolute atomic E-state index is 0.289. The van der Waals surface area contributed by atoms with Gasteiger partial charge in [-0.15, -0.1) is 0 Å². The van der Waals surface area contributed by atoms with Crippen LogP contribution in [-0.2, 0) is 5.60 Å². The number of phenolic OH excluding ortho intramolecular Hbond substituents is 1. The molecule has 2 N–H and O–H groups in total. The molecule has 0 aliphatic rings. The van der Waals surface area contributed by atoms with E-state index in [0.717, 1.165) is 6.07 Å². The smallest absolute Gasteiger partial charge is 0.421 e. The predicted octanol–water partition coefficient (Wildman–Crippen LogP) is 2.78. The topological polar surface area (TPSA) is 40.5 Å². The molecule has 0 aromatic heterocycles. The van der Waals surface area contributed by atoms with Gasteiger partial charge in [0.1, 0.15) is 5.75 Å². The number of halogens is 3. The molecule has 0 heterocycles. The van der Waals surface area contributed by atoms with Crippen molar-refractivity contribution in [3.05, 3.63) is 28.8 Å². The third-order valence-corrected chi connectivity index (χ3v) is 2.73. The van der Waals surface area contributed by atoms with Crippen LogP contribution in [0.1, 0.15) is 23.6 Å². The molecule has 90 valence electrons. The van der Waals surface area contributed by atoms with Crippen LogP contribution in [0.5, 0.6) is 5.75 Å². The van der Waals surface area contributed by atoms with Crippen molar-refractivity contribution in [2.24, 2.45) is 0 Å². The maximum atomic E-state index is 12.6. The SMILES string of the molecule is Cc1cc(O)cc(C(C)(O)C(F)(F)F)c1C. The summed E-state index contributed by atoms with van der Waals surface area (Å²) in [5.74, 6) is -0.289. The Morgan fingerprint density at radius 3 is 2.06 bits per heavy atom. The maximum Gasteiger partial charge on any atom is 0.421 e. The van der Waals surface area contributed by atoms with Crippen LogP contribution in [0.15, 0.2) is 12.1 Å². The Labute approximate surface area is 91.3 Å². The summed E-state index contributed by atoms with van der Waals surface area (Å²) in [5.41, 5.74) is -2.46. The Balaban J connectivity index is 3.44. The van der Waals surface area contributed by atoms with Gasteiger partial charge >= 0.3 is 6.18 Å². The molecule has 0 amide bonds. The van der Waals surface area contributed by atoms with Gasteiger partial charge in [0, 0.05) is 0 Å². The molecule has 1 atom stereocenters. The third kappa shape index (κ3) is 2.00. The van der Waals surface area contributed by atoms with Crippen molar-refractivity contribution in [3.8, 4) is 5.75 Å². The Kier molecular flexibility index (Phi) is 2.94. The van der Waals surface area contributed by atoms with Gasteiger partial charge in [0.25, 0.3) is 0 Å². The maximum absolute atomic E-state index is 12.6. The van der Waals surface area contributed by atoms with Gasteiger partial charge in [-0.25, -0.2) is 0 Å². The highest BCUT2D eigenvalue weighted by molar-refractivity contribution is 5.43.